The first-order chi connectivity index (χ1) is 12.2. The molecule has 1 saturated heterocycles. The Hall–Kier alpha value is -2.11. The minimum atomic E-state index is -0.0693. The number of ether oxygens (including phenoxy) is 1. The quantitative estimate of drug-likeness (QED) is 0.839. The number of carbonyl (C=O) groups excluding carboxylic acids is 1. The Kier molecular flexibility index (Phi) is 5.89. The second-order valence-corrected chi connectivity index (χ2v) is 6.51. The van der Waals surface area contributed by atoms with Crippen LogP contribution in [0, 0.1) is 6.92 Å². The van der Waals surface area contributed by atoms with Crippen LogP contribution in [0.25, 0.3) is 0 Å². The van der Waals surface area contributed by atoms with Gasteiger partial charge in [-0.3, -0.25) is 9.69 Å². The Morgan fingerprint density at radius 1 is 1.24 bits per heavy atom. The molecular weight excluding hydrogens is 316 g/mol. The molecule has 1 amide bonds. The van der Waals surface area contributed by atoms with E-state index in [4.69, 9.17) is 9.15 Å². The molecule has 5 heteroatoms. The summed E-state index contributed by atoms with van der Waals surface area (Å²) in [5.74, 6) is 1.75. The number of carbonyl (C=O) groups is 1. The van der Waals surface area contributed by atoms with E-state index in [1.165, 1.54) is 12.8 Å². The molecule has 1 N–H and O–H groups in total. The lowest BCUT2D eigenvalue weighted by atomic mass is 10.1. The molecule has 0 unspecified atom stereocenters. The number of benzene rings is 1. The highest BCUT2D eigenvalue weighted by Gasteiger charge is 2.26. The maximum absolute atomic E-state index is 12.7. The molecule has 1 atom stereocenters. The number of aryl methyl sites for hydroxylation is 1. The van der Waals surface area contributed by atoms with Crippen molar-refractivity contribution in [3.8, 4) is 0 Å². The summed E-state index contributed by atoms with van der Waals surface area (Å²) < 4.78 is 11.0. The largest absolute Gasteiger partial charge is 0.465 e. The SMILES string of the molecule is COCc1ccccc1C(=O)NC[C@H](c1ccc(C)o1)N1CCCC1. The zero-order valence-corrected chi connectivity index (χ0v) is 15.0. The lowest BCUT2D eigenvalue weighted by Crippen LogP contribution is -2.37. The Balaban J connectivity index is 1.71. The van der Waals surface area contributed by atoms with Gasteiger partial charge in [0.15, 0.2) is 0 Å². The van der Waals surface area contributed by atoms with E-state index >= 15 is 0 Å². The number of nitrogens with one attached hydrogen (secondary N) is 1. The molecule has 1 aliphatic rings. The Morgan fingerprint density at radius 3 is 2.68 bits per heavy atom. The summed E-state index contributed by atoms with van der Waals surface area (Å²) in [7, 11) is 1.64. The summed E-state index contributed by atoms with van der Waals surface area (Å²) in [6.07, 6.45) is 2.39. The summed E-state index contributed by atoms with van der Waals surface area (Å²) in [5, 5.41) is 3.09. The van der Waals surface area contributed by atoms with Crippen molar-refractivity contribution in [3.05, 3.63) is 59.0 Å². The van der Waals surface area contributed by atoms with Gasteiger partial charge in [-0.15, -0.1) is 0 Å². The molecule has 1 aromatic heterocycles. The van der Waals surface area contributed by atoms with Gasteiger partial charge < -0.3 is 14.5 Å². The highest BCUT2D eigenvalue weighted by Crippen LogP contribution is 2.26. The molecule has 0 bridgehead atoms. The van der Waals surface area contributed by atoms with Crippen LogP contribution in [0.3, 0.4) is 0 Å². The van der Waals surface area contributed by atoms with Gasteiger partial charge in [-0.2, -0.15) is 0 Å². The van der Waals surface area contributed by atoms with Gasteiger partial charge in [-0.1, -0.05) is 18.2 Å². The number of likely N-dealkylation sites (tertiary alicyclic amines) is 1. The molecule has 3 rings (SSSR count). The standard InChI is InChI=1S/C20H26N2O3/c1-15-9-10-19(25-15)18(22-11-5-6-12-22)13-21-20(23)17-8-4-3-7-16(17)14-24-2/h3-4,7-10,18H,5-6,11-14H2,1-2H3,(H,21,23)/t18-/m1/s1. The first-order valence-electron chi connectivity index (χ1n) is 8.84. The van der Waals surface area contributed by atoms with Gasteiger partial charge in [-0.05, 0) is 56.6 Å². The fraction of sp³-hybridized carbons (Fsp3) is 0.450. The number of rotatable bonds is 7. The summed E-state index contributed by atoms with van der Waals surface area (Å²) in [6.45, 7) is 4.99. The number of amides is 1. The van der Waals surface area contributed by atoms with Crippen molar-refractivity contribution in [3.63, 3.8) is 0 Å². The second kappa shape index (κ2) is 8.32. The minimum absolute atomic E-state index is 0.0693. The highest BCUT2D eigenvalue weighted by atomic mass is 16.5. The van der Waals surface area contributed by atoms with Crippen LogP contribution in [0.4, 0.5) is 0 Å². The third-order valence-corrected chi connectivity index (χ3v) is 4.69. The van der Waals surface area contributed by atoms with Crippen LogP contribution in [-0.2, 0) is 11.3 Å². The molecule has 0 aliphatic carbocycles. The maximum Gasteiger partial charge on any atom is 0.251 e. The van der Waals surface area contributed by atoms with E-state index in [1.807, 2.05) is 43.3 Å². The van der Waals surface area contributed by atoms with Gasteiger partial charge in [0, 0.05) is 19.2 Å². The Labute approximate surface area is 149 Å². The van der Waals surface area contributed by atoms with Crippen LogP contribution in [0.5, 0.6) is 0 Å². The topological polar surface area (TPSA) is 54.7 Å². The third-order valence-electron chi connectivity index (χ3n) is 4.69. The van der Waals surface area contributed by atoms with Gasteiger partial charge in [0.2, 0.25) is 0 Å². The number of furan rings is 1. The first kappa shape index (κ1) is 17.7. The average Bonchev–Trinajstić information content (AvgIpc) is 3.28. The van der Waals surface area contributed by atoms with Crippen molar-refractivity contribution in [1.29, 1.82) is 0 Å². The summed E-state index contributed by atoms with van der Waals surface area (Å²) >= 11 is 0. The monoisotopic (exact) mass is 342 g/mol. The van der Waals surface area contributed by atoms with Crippen molar-refractivity contribution in [2.75, 3.05) is 26.7 Å². The molecule has 2 aromatic rings. The van der Waals surface area contributed by atoms with Crippen LogP contribution < -0.4 is 5.32 Å². The first-order valence-corrected chi connectivity index (χ1v) is 8.84. The summed E-state index contributed by atoms with van der Waals surface area (Å²) in [5.41, 5.74) is 1.56. The Bertz CT molecular complexity index is 704. The van der Waals surface area contributed by atoms with Crippen molar-refractivity contribution >= 4 is 5.91 Å². The average molecular weight is 342 g/mol. The number of hydrogen-bond donors (Lipinski definition) is 1. The van der Waals surface area contributed by atoms with Crippen molar-refractivity contribution in [2.45, 2.75) is 32.4 Å². The number of nitrogens with zero attached hydrogens (tertiary/aromatic N) is 1. The van der Waals surface area contributed by atoms with Crippen LogP contribution in [0.1, 0.15) is 46.3 Å². The van der Waals surface area contributed by atoms with E-state index in [0.717, 1.165) is 30.2 Å². The van der Waals surface area contributed by atoms with E-state index in [2.05, 4.69) is 10.2 Å². The molecule has 0 saturated carbocycles. The second-order valence-electron chi connectivity index (χ2n) is 6.51. The minimum Gasteiger partial charge on any atom is -0.465 e. The smallest absolute Gasteiger partial charge is 0.251 e. The predicted molar refractivity (Wildman–Crippen MR) is 96.5 cm³/mol. The summed E-state index contributed by atoms with van der Waals surface area (Å²) in [4.78, 5) is 15.1. The molecule has 25 heavy (non-hydrogen) atoms. The van der Waals surface area contributed by atoms with E-state index in [-0.39, 0.29) is 11.9 Å². The van der Waals surface area contributed by atoms with Gasteiger partial charge in [-0.25, -0.2) is 0 Å². The van der Waals surface area contributed by atoms with Gasteiger partial charge in [0.05, 0.1) is 12.6 Å². The fourth-order valence-corrected chi connectivity index (χ4v) is 3.40. The molecule has 0 radical (unpaired) electrons. The lowest BCUT2D eigenvalue weighted by Gasteiger charge is -2.26. The third kappa shape index (κ3) is 4.30. The van der Waals surface area contributed by atoms with E-state index in [9.17, 15) is 4.79 Å². The predicted octanol–water partition coefficient (Wildman–Crippen LogP) is 3.30. The molecule has 5 nitrogen and oxygen atoms in total. The highest BCUT2D eigenvalue weighted by molar-refractivity contribution is 5.95. The van der Waals surface area contributed by atoms with Crippen LogP contribution in [-0.4, -0.2) is 37.6 Å². The van der Waals surface area contributed by atoms with E-state index in [0.29, 0.717) is 18.7 Å². The van der Waals surface area contributed by atoms with E-state index in [1.54, 1.807) is 7.11 Å². The molecule has 1 aliphatic heterocycles. The Morgan fingerprint density at radius 2 is 2.00 bits per heavy atom. The number of methoxy groups -OCH3 is 1. The lowest BCUT2D eigenvalue weighted by molar-refractivity contribution is 0.0929. The van der Waals surface area contributed by atoms with Crippen LogP contribution >= 0.6 is 0 Å². The van der Waals surface area contributed by atoms with Gasteiger partial charge >= 0.3 is 0 Å². The zero-order valence-electron chi connectivity index (χ0n) is 15.0. The molecule has 0 spiro atoms. The molecule has 2 heterocycles. The van der Waals surface area contributed by atoms with Crippen LogP contribution in [0.2, 0.25) is 0 Å². The normalized spacial score (nSPS) is 16.1. The van der Waals surface area contributed by atoms with Gasteiger partial charge in [0.25, 0.3) is 5.91 Å². The van der Waals surface area contributed by atoms with E-state index < -0.39 is 0 Å². The summed E-state index contributed by atoms with van der Waals surface area (Å²) in [6, 6.07) is 11.6. The molecular formula is C20H26N2O3. The van der Waals surface area contributed by atoms with Crippen LogP contribution in [0.15, 0.2) is 40.8 Å². The molecule has 1 fully saturated rings. The zero-order chi connectivity index (χ0) is 17.6. The van der Waals surface area contributed by atoms with Crippen molar-refractivity contribution in [1.82, 2.24) is 10.2 Å². The molecule has 134 valence electrons. The van der Waals surface area contributed by atoms with Crippen molar-refractivity contribution < 1.29 is 13.9 Å². The number of hydrogen-bond acceptors (Lipinski definition) is 4. The van der Waals surface area contributed by atoms with Gasteiger partial charge in [0.1, 0.15) is 11.5 Å². The van der Waals surface area contributed by atoms with Crippen molar-refractivity contribution in [2.24, 2.45) is 0 Å². The fourth-order valence-electron chi connectivity index (χ4n) is 3.40. The maximum atomic E-state index is 12.7. The molecule has 1 aromatic carbocycles.